The third-order valence-electron chi connectivity index (χ3n) is 4.55. The van der Waals surface area contributed by atoms with Crippen LogP contribution in [0.4, 0.5) is 0 Å². The van der Waals surface area contributed by atoms with E-state index in [1.54, 1.807) is 12.5 Å². The number of amides is 2. The molecular formula is C19H24N4O2. The largest absolute Gasteiger partial charge is 0.356 e. The molecule has 1 aliphatic heterocycles. The lowest BCUT2D eigenvalue weighted by atomic mass is 10.1. The third-order valence-corrected chi connectivity index (χ3v) is 4.55. The van der Waals surface area contributed by atoms with Crippen molar-refractivity contribution in [2.24, 2.45) is 5.92 Å². The summed E-state index contributed by atoms with van der Waals surface area (Å²) in [5.41, 5.74) is 1.21. The molecule has 1 unspecified atom stereocenters. The van der Waals surface area contributed by atoms with Gasteiger partial charge in [-0.2, -0.15) is 0 Å². The molecule has 1 aromatic heterocycles. The molecule has 25 heavy (non-hydrogen) atoms. The van der Waals surface area contributed by atoms with Crippen LogP contribution in [0, 0.1) is 5.92 Å². The molecule has 6 nitrogen and oxygen atoms in total. The van der Waals surface area contributed by atoms with Gasteiger partial charge in [-0.3, -0.25) is 9.59 Å². The van der Waals surface area contributed by atoms with Gasteiger partial charge >= 0.3 is 0 Å². The van der Waals surface area contributed by atoms with E-state index in [1.807, 2.05) is 33.9 Å². The van der Waals surface area contributed by atoms with Gasteiger partial charge in [0.15, 0.2) is 0 Å². The summed E-state index contributed by atoms with van der Waals surface area (Å²) < 4.78 is 1.98. The summed E-state index contributed by atoms with van der Waals surface area (Å²) in [6.45, 7) is 2.64. The molecule has 1 aliphatic rings. The maximum atomic E-state index is 12.3. The van der Waals surface area contributed by atoms with Crippen LogP contribution in [0.15, 0.2) is 49.1 Å². The Balaban J connectivity index is 1.38. The second-order valence-electron chi connectivity index (χ2n) is 6.42. The Morgan fingerprint density at radius 2 is 2.08 bits per heavy atom. The first-order chi connectivity index (χ1) is 12.2. The van der Waals surface area contributed by atoms with E-state index < -0.39 is 0 Å². The van der Waals surface area contributed by atoms with Crippen LogP contribution in [0.1, 0.15) is 18.4 Å². The van der Waals surface area contributed by atoms with Crippen LogP contribution in [0.5, 0.6) is 0 Å². The van der Waals surface area contributed by atoms with Crippen molar-refractivity contribution in [1.29, 1.82) is 0 Å². The van der Waals surface area contributed by atoms with Crippen molar-refractivity contribution in [3.8, 4) is 0 Å². The van der Waals surface area contributed by atoms with E-state index in [0.717, 1.165) is 19.4 Å². The van der Waals surface area contributed by atoms with Crippen LogP contribution in [0.2, 0.25) is 0 Å². The molecule has 6 heteroatoms. The average Bonchev–Trinajstić information content (AvgIpc) is 3.27. The van der Waals surface area contributed by atoms with Gasteiger partial charge in [0.05, 0.1) is 12.2 Å². The maximum Gasteiger partial charge on any atom is 0.225 e. The van der Waals surface area contributed by atoms with Crippen molar-refractivity contribution in [2.75, 3.05) is 19.6 Å². The Kier molecular flexibility index (Phi) is 5.82. The molecule has 0 aliphatic carbocycles. The summed E-state index contributed by atoms with van der Waals surface area (Å²) in [6, 6.07) is 10.1. The molecule has 1 aromatic carbocycles. The summed E-state index contributed by atoms with van der Waals surface area (Å²) in [7, 11) is 0. The number of carbonyl (C=O) groups is 2. The highest BCUT2D eigenvalue weighted by atomic mass is 16.2. The zero-order chi connectivity index (χ0) is 17.5. The maximum absolute atomic E-state index is 12.3. The summed E-state index contributed by atoms with van der Waals surface area (Å²) >= 11 is 0. The molecule has 2 amide bonds. The van der Waals surface area contributed by atoms with Gasteiger partial charge in [0.1, 0.15) is 0 Å². The summed E-state index contributed by atoms with van der Waals surface area (Å²) in [5.74, 6) is -0.160. The smallest absolute Gasteiger partial charge is 0.225 e. The van der Waals surface area contributed by atoms with Crippen LogP contribution in [0.25, 0.3) is 0 Å². The lowest BCUT2D eigenvalue weighted by molar-refractivity contribution is -0.129. The fourth-order valence-corrected chi connectivity index (χ4v) is 3.11. The molecule has 0 spiro atoms. The standard InChI is InChI=1S/C19H24N4O2/c24-18-13-17(14-23(18)11-7-16-5-2-1-3-6-16)19(25)21-8-4-10-22-12-9-20-15-22/h1-3,5-6,9,12,15,17H,4,7-8,10-11,13-14H2,(H,21,25). The second-order valence-corrected chi connectivity index (χ2v) is 6.42. The monoisotopic (exact) mass is 340 g/mol. The zero-order valence-electron chi connectivity index (χ0n) is 14.3. The van der Waals surface area contributed by atoms with E-state index in [-0.39, 0.29) is 17.7 Å². The van der Waals surface area contributed by atoms with Crippen LogP contribution in [-0.2, 0) is 22.6 Å². The van der Waals surface area contributed by atoms with Gasteiger partial charge in [0, 0.05) is 45.0 Å². The highest BCUT2D eigenvalue weighted by Crippen LogP contribution is 2.18. The first-order valence-corrected chi connectivity index (χ1v) is 8.77. The van der Waals surface area contributed by atoms with Gasteiger partial charge in [-0.15, -0.1) is 0 Å². The molecule has 0 bridgehead atoms. The molecule has 132 valence electrons. The first-order valence-electron chi connectivity index (χ1n) is 8.77. The van der Waals surface area contributed by atoms with E-state index in [4.69, 9.17) is 0 Å². The topological polar surface area (TPSA) is 67.2 Å². The number of hydrogen-bond acceptors (Lipinski definition) is 3. The fraction of sp³-hybridized carbons (Fsp3) is 0.421. The first kappa shape index (κ1) is 17.2. The number of benzene rings is 1. The van der Waals surface area contributed by atoms with Gasteiger partial charge in [0.2, 0.25) is 11.8 Å². The van der Waals surface area contributed by atoms with Crippen molar-refractivity contribution in [1.82, 2.24) is 19.8 Å². The number of aromatic nitrogens is 2. The molecule has 0 radical (unpaired) electrons. The molecule has 1 atom stereocenters. The number of imidazole rings is 1. The van der Waals surface area contributed by atoms with Gasteiger partial charge < -0.3 is 14.8 Å². The number of aryl methyl sites for hydroxylation is 1. The van der Waals surface area contributed by atoms with Crippen molar-refractivity contribution >= 4 is 11.8 Å². The highest BCUT2D eigenvalue weighted by molar-refractivity contribution is 5.89. The van der Waals surface area contributed by atoms with Gasteiger partial charge in [0.25, 0.3) is 0 Å². The SMILES string of the molecule is O=C(NCCCn1ccnc1)C1CC(=O)N(CCc2ccccc2)C1. The lowest BCUT2D eigenvalue weighted by Gasteiger charge is -2.16. The molecule has 2 aromatic rings. The van der Waals surface area contributed by atoms with E-state index in [1.165, 1.54) is 5.56 Å². The number of hydrogen-bond donors (Lipinski definition) is 1. The van der Waals surface area contributed by atoms with Crippen LogP contribution in [0.3, 0.4) is 0 Å². The van der Waals surface area contributed by atoms with E-state index in [9.17, 15) is 9.59 Å². The summed E-state index contributed by atoms with van der Waals surface area (Å²) in [4.78, 5) is 30.2. The number of nitrogens with zero attached hydrogens (tertiary/aromatic N) is 3. The minimum atomic E-state index is -0.225. The molecule has 1 fully saturated rings. The van der Waals surface area contributed by atoms with Crippen LogP contribution in [-0.4, -0.2) is 45.9 Å². The van der Waals surface area contributed by atoms with Gasteiger partial charge in [-0.05, 0) is 18.4 Å². The molecule has 1 saturated heterocycles. The lowest BCUT2D eigenvalue weighted by Crippen LogP contribution is -2.34. The normalized spacial score (nSPS) is 17.0. The number of carbonyl (C=O) groups excluding carboxylic acids is 2. The molecule has 3 rings (SSSR count). The predicted octanol–water partition coefficient (Wildman–Crippen LogP) is 1.48. The van der Waals surface area contributed by atoms with Gasteiger partial charge in [-0.1, -0.05) is 30.3 Å². The number of likely N-dealkylation sites (tertiary alicyclic amines) is 1. The fourth-order valence-electron chi connectivity index (χ4n) is 3.11. The highest BCUT2D eigenvalue weighted by Gasteiger charge is 2.33. The minimum absolute atomic E-state index is 0.0128. The predicted molar refractivity (Wildman–Crippen MR) is 94.7 cm³/mol. The summed E-state index contributed by atoms with van der Waals surface area (Å²) in [5, 5.41) is 2.95. The number of nitrogens with one attached hydrogen (secondary N) is 1. The molecule has 2 heterocycles. The Hall–Kier alpha value is -2.63. The molecule has 1 N–H and O–H groups in total. The van der Waals surface area contributed by atoms with Crippen molar-refractivity contribution in [3.63, 3.8) is 0 Å². The summed E-state index contributed by atoms with van der Waals surface area (Å²) in [6.07, 6.45) is 7.41. The third kappa shape index (κ3) is 4.92. The minimum Gasteiger partial charge on any atom is -0.356 e. The molecular weight excluding hydrogens is 316 g/mol. The Morgan fingerprint density at radius 3 is 2.84 bits per heavy atom. The van der Waals surface area contributed by atoms with Crippen molar-refractivity contribution in [2.45, 2.75) is 25.8 Å². The second kappa shape index (κ2) is 8.46. The number of rotatable bonds is 8. The molecule has 0 saturated carbocycles. The van der Waals surface area contributed by atoms with Crippen LogP contribution < -0.4 is 5.32 Å². The van der Waals surface area contributed by atoms with Crippen LogP contribution >= 0.6 is 0 Å². The van der Waals surface area contributed by atoms with Crippen molar-refractivity contribution in [3.05, 3.63) is 54.6 Å². The average molecular weight is 340 g/mol. The van der Waals surface area contributed by atoms with E-state index in [2.05, 4.69) is 22.4 Å². The Labute approximate surface area is 147 Å². The van der Waals surface area contributed by atoms with Gasteiger partial charge in [-0.25, -0.2) is 4.98 Å². The van der Waals surface area contributed by atoms with Crippen molar-refractivity contribution < 1.29 is 9.59 Å². The van der Waals surface area contributed by atoms with E-state index >= 15 is 0 Å². The Morgan fingerprint density at radius 1 is 1.24 bits per heavy atom. The zero-order valence-corrected chi connectivity index (χ0v) is 14.3. The quantitative estimate of drug-likeness (QED) is 0.740. The van der Waals surface area contributed by atoms with E-state index in [0.29, 0.717) is 26.1 Å². The Bertz CT molecular complexity index is 685.